The van der Waals surface area contributed by atoms with E-state index >= 15 is 0 Å². The molecule has 1 heterocycles. The average molecular weight is 280 g/mol. The van der Waals surface area contributed by atoms with Gasteiger partial charge in [0, 0.05) is 26.2 Å². The molecule has 0 bridgehead atoms. The lowest BCUT2D eigenvalue weighted by atomic mass is 9.69. The van der Waals surface area contributed by atoms with Gasteiger partial charge in [0.25, 0.3) is 0 Å². The molecule has 0 amide bonds. The third-order valence-electron chi connectivity index (χ3n) is 5.74. The van der Waals surface area contributed by atoms with Crippen LogP contribution in [0.15, 0.2) is 0 Å². The zero-order valence-electron chi connectivity index (χ0n) is 14.3. The van der Waals surface area contributed by atoms with E-state index in [0.717, 1.165) is 17.8 Å². The summed E-state index contributed by atoms with van der Waals surface area (Å²) in [6.45, 7) is 16.0. The highest BCUT2D eigenvalue weighted by atomic mass is 15.2. The number of hydrogen-bond donors (Lipinski definition) is 1. The fourth-order valence-electron chi connectivity index (χ4n) is 4.51. The summed E-state index contributed by atoms with van der Waals surface area (Å²) in [6.07, 6.45) is 7.01. The Kier molecular flexibility index (Phi) is 5.92. The van der Waals surface area contributed by atoms with Crippen LogP contribution < -0.4 is 5.32 Å². The van der Waals surface area contributed by atoms with Crippen molar-refractivity contribution >= 4 is 0 Å². The van der Waals surface area contributed by atoms with Crippen LogP contribution >= 0.6 is 0 Å². The summed E-state index contributed by atoms with van der Waals surface area (Å²) in [6, 6.07) is 0. The second-order valence-electron chi connectivity index (χ2n) is 8.03. The summed E-state index contributed by atoms with van der Waals surface area (Å²) in [7, 11) is 0. The smallest absolute Gasteiger partial charge is 0.00505 e. The number of hydrogen-bond acceptors (Lipinski definition) is 2. The molecule has 2 nitrogen and oxygen atoms in total. The van der Waals surface area contributed by atoms with Crippen molar-refractivity contribution in [1.82, 2.24) is 10.2 Å². The number of nitrogens with zero attached hydrogens (tertiary/aromatic N) is 1. The van der Waals surface area contributed by atoms with E-state index in [1.165, 1.54) is 64.8 Å². The van der Waals surface area contributed by atoms with Crippen molar-refractivity contribution in [3.8, 4) is 0 Å². The normalized spacial score (nSPS) is 39.3. The van der Waals surface area contributed by atoms with Crippen molar-refractivity contribution < 1.29 is 0 Å². The summed E-state index contributed by atoms with van der Waals surface area (Å²) in [4.78, 5) is 2.76. The van der Waals surface area contributed by atoms with Crippen LogP contribution in [0.4, 0.5) is 0 Å². The van der Waals surface area contributed by atoms with Crippen LogP contribution in [0, 0.1) is 23.2 Å². The van der Waals surface area contributed by atoms with Gasteiger partial charge >= 0.3 is 0 Å². The van der Waals surface area contributed by atoms with Gasteiger partial charge in [-0.2, -0.15) is 0 Å². The molecule has 4 unspecified atom stereocenters. The monoisotopic (exact) mass is 280 g/mol. The third kappa shape index (κ3) is 4.21. The Labute approximate surface area is 126 Å². The highest BCUT2D eigenvalue weighted by Gasteiger charge is 2.38. The molecule has 1 aliphatic carbocycles. The second kappa shape index (κ2) is 7.26. The Morgan fingerprint density at radius 1 is 1.15 bits per heavy atom. The minimum atomic E-state index is 0.552. The molecule has 118 valence electrons. The number of likely N-dealkylation sites (tertiary alicyclic amines) is 1. The van der Waals surface area contributed by atoms with Crippen LogP contribution in [-0.4, -0.2) is 37.6 Å². The molecule has 0 aromatic heterocycles. The molecule has 20 heavy (non-hydrogen) atoms. The standard InChI is InChI=1S/C18H36N2/c1-5-9-19-13-18(8-6-7-15(2)10-18)14-20-11-16(3)17(4)12-20/h15-17,19H,5-14H2,1-4H3. The van der Waals surface area contributed by atoms with E-state index < -0.39 is 0 Å². The lowest BCUT2D eigenvalue weighted by molar-refractivity contribution is 0.0889. The molecule has 0 radical (unpaired) electrons. The van der Waals surface area contributed by atoms with E-state index in [9.17, 15) is 0 Å². The molecule has 1 saturated heterocycles. The van der Waals surface area contributed by atoms with Gasteiger partial charge in [0.2, 0.25) is 0 Å². The molecule has 0 spiro atoms. The zero-order valence-corrected chi connectivity index (χ0v) is 14.3. The Bertz CT molecular complexity index is 281. The van der Waals surface area contributed by atoms with Gasteiger partial charge in [-0.1, -0.05) is 40.5 Å². The molecule has 1 N–H and O–H groups in total. The molecule has 1 saturated carbocycles. The van der Waals surface area contributed by atoms with E-state index in [1.54, 1.807) is 0 Å². The highest BCUT2D eigenvalue weighted by molar-refractivity contribution is 4.92. The summed E-state index contributed by atoms with van der Waals surface area (Å²) in [5, 5.41) is 3.74. The molecule has 2 heteroatoms. The summed E-state index contributed by atoms with van der Waals surface area (Å²) in [5.41, 5.74) is 0.552. The molecule has 0 aromatic carbocycles. The first-order chi connectivity index (χ1) is 9.54. The Morgan fingerprint density at radius 3 is 2.45 bits per heavy atom. The first-order valence-corrected chi connectivity index (χ1v) is 8.98. The van der Waals surface area contributed by atoms with Crippen molar-refractivity contribution in [3.05, 3.63) is 0 Å². The summed E-state index contributed by atoms with van der Waals surface area (Å²) >= 11 is 0. The van der Waals surface area contributed by atoms with Crippen LogP contribution in [0.5, 0.6) is 0 Å². The zero-order chi connectivity index (χ0) is 14.6. The van der Waals surface area contributed by atoms with Crippen molar-refractivity contribution in [2.75, 3.05) is 32.7 Å². The van der Waals surface area contributed by atoms with E-state index in [4.69, 9.17) is 0 Å². The van der Waals surface area contributed by atoms with Gasteiger partial charge in [-0.3, -0.25) is 0 Å². The number of nitrogens with one attached hydrogen (secondary N) is 1. The topological polar surface area (TPSA) is 15.3 Å². The summed E-state index contributed by atoms with van der Waals surface area (Å²) in [5.74, 6) is 2.69. The molecular weight excluding hydrogens is 244 g/mol. The largest absolute Gasteiger partial charge is 0.316 e. The van der Waals surface area contributed by atoms with E-state index in [-0.39, 0.29) is 0 Å². The van der Waals surface area contributed by atoms with Gasteiger partial charge in [0.05, 0.1) is 0 Å². The molecule has 1 aliphatic heterocycles. The van der Waals surface area contributed by atoms with Crippen LogP contribution in [0.25, 0.3) is 0 Å². The quantitative estimate of drug-likeness (QED) is 0.745. The Morgan fingerprint density at radius 2 is 1.85 bits per heavy atom. The van der Waals surface area contributed by atoms with Crippen molar-refractivity contribution in [3.63, 3.8) is 0 Å². The van der Waals surface area contributed by atoms with Crippen LogP contribution in [-0.2, 0) is 0 Å². The minimum Gasteiger partial charge on any atom is -0.316 e. The van der Waals surface area contributed by atoms with Crippen LogP contribution in [0.3, 0.4) is 0 Å². The second-order valence-corrected chi connectivity index (χ2v) is 8.03. The lowest BCUT2D eigenvalue weighted by Crippen LogP contribution is -2.46. The Balaban J connectivity index is 1.95. The maximum Gasteiger partial charge on any atom is 0.00505 e. The van der Waals surface area contributed by atoms with Gasteiger partial charge < -0.3 is 10.2 Å². The van der Waals surface area contributed by atoms with E-state index in [2.05, 4.69) is 37.9 Å². The molecule has 2 aliphatic rings. The lowest BCUT2D eigenvalue weighted by Gasteiger charge is -2.43. The van der Waals surface area contributed by atoms with Crippen molar-refractivity contribution in [2.45, 2.75) is 59.8 Å². The maximum absolute atomic E-state index is 3.74. The molecule has 4 atom stereocenters. The van der Waals surface area contributed by atoms with Gasteiger partial charge in [-0.05, 0) is 49.0 Å². The predicted octanol–water partition coefficient (Wildman–Crippen LogP) is 3.77. The maximum atomic E-state index is 3.74. The first kappa shape index (κ1) is 16.3. The third-order valence-corrected chi connectivity index (χ3v) is 5.74. The number of rotatable bonds is 6. The SMILES string of the molecule is CCCNCC1(CN2CC(C)C(C)C2)CCCC(C)C1. The molecule has 2 rings (SSSR count). The van der Waals surface area contributed by atoms with Gasteiger partial charge in [-0.25, -0.2) is 0 Å². The molecule has 2 fully saturated rings. The minimum absolute atomic E-state index is 0.552. The van der Waals surface area contributed by atoms with Gasteiger partial charge in [0.15, 0.2) is 0 Å². The highest BCUT2D eigenvalue weighted by Crippen LogP contribution is 2.40. The Hall–Kier alpha value is -0.0800. The fourth-order valence-corrected chi connectivity index (χ4v) is 4.51. The first-order valence-electron chi connectivity index (χ1n) is 8.98. The van der Waals surface area contributed by atoms with E-state index in [0.29, 0.717) is 5.41 Å². The van der Waals surface area contributed by atoms with Crippen molar-refractivity contribution in [1.29, 1.82) is 0 Å². The van der Waals surface area contributed by atoms with Gasteiger partial charge in [-0.15, -0.1) is 0 Å². The predicted molar refractivity (Wildman–Crippen MR) is 88.0 cm³/mol. The summed E-state index contributed by atoms with van der Waals surface area (Å²) < 4.78 is 0. The fraction of sp³-hybridized carbons (Fsp3) is 1.00. The van der Waals surface area contributed by atoms with Crippen molar-refractivity contribution in [2.24, 2.45) is 23.2 Å². The van der Waals surface area contributed by atoms with Gasteiger partial charge in [0.1, 0.15) is 0 Å². The molecule has 0 aromatic rings. The van der Waals surface area contributed by atoms with E-state index in [1.807, 2.05) is 0 Å². The van der Waals surface area contributed by atoms with Crippen LogP contribution in [0.1, 0.15) is 59.8 Å². The average Bonchev–Trinajstić information content (AvgIpc) is 2.68. The molecular formula is C18H36N2. The van der Waals surface area contributed by atoms with Crippen LogP contribution in [0.2, 0.25) is 0 Å².